The van der Waals surface area contributed by atoms with Crippen LogP contribution in [0.2, 0.25) is 0 Å². The van der Waals surface area contributed by atoms with Gasteiger partial charge in [-0.05, 0) is 0 Å². The topological polar surface area (TPSA) is 36.2 Å². The minimum absolute atomic E-state index is 0.714. The van der Waals surface area contributed by atoms with Crippen LogP contribution in [-0.4, -0.2) is 19.0 Å². The fourth-order valence-electron chi connectivity index (χ4n) is 0.886. The lowest BCUT2D eigenvalue weighted by Crippen LogP contribution is -2.00. The lowest BCUT2D eigenvalue weighted by molar-refractivity contribution is 1.44. The Labute approximate surface area is 66.1 Å². The molecule has 0 aliphatic heterocycles. The summed E-state index contributed by atoms with van der Waals surface area (Å²) in [5.74, 6) is 0. The van der Waals surface area contributed by atoms with Crippen molar-refractivity contribution in [2.75, 3.05) is 7.05 Å². The maximum absolute atomic E-state index is 7.04. The summed E-state index contributed by atoms with van der Waals surface area (Å²) in [6, 6.07) is 9.69. The summed E-state index contributed by atoms with van der Waals surface area (Å²) in [6.07, 6.45) is 1.26. The van der Waals surface area contributed by atoms with E-state index in [0.717, 1.165) is 5.56 Å². The molecule has 0 saturated heterocycles. The maximum atomic E-state index is 7.04. The predicted molar refractivity (Wildman–Crippen MR) is 47.7 cm³/mol. The highest BCUT2D eigenvalue weighted by Gasteiger charge is 1.94. The van der Waals surface area contributed by atoms with Gasteiger partial charge in [-0.1, -0.05) is 30.3 Å². The van der Waals surface area contributed by atoms with E-state index in [1.165, 1.54) is 6.21 Å². The van der Waals surface area contributed by atoms with Crippen molar-refractivity contribution in [3.63, 3.8) is 0 Å². The molecule has 0 aromatic heterocycles. The first-order chi connectivity index (χ1) is 5.38. The van der Waals surface area contributed by atoms with E-state index in [9.17, 15) is 0 Å². The summed E-state index contributed by atoms with van der Waals surface area (Å²) in [7, 11) is 1.69. The Hall–Kier alpha value is -1.44. The average Bonchev–Trinajstić information content (AvgIpc) is 2.09. The lowest BCUT2D eigenvalue weighted by atomic mass is 10.1. The van der Waals surface area contributed by atoms with Gasteiger partial charge in [0.1, 0.15) is 0 Å². The van der Waals surface area contributed by atoms with Gasteiger partial charge < -0.3 is 5.41 Å². The van der Waals surface area contributed by atoms with Crippen LogP contribution in [0.4, 0.5) is 0 Å². The van der Waals surface area contributed by atoms with Gasteiger partial charge in [0.15, 0.2) is 0 Å². The van der Waals surface area contributed by atoms with Gasteiger partial charge in [-0.2, -0.15) is 0 Å². The third kappa shape index (κ3) is 1.74. The van der Waals surface area contributed by atoms with E-state index in [-0.39, 0.29) is 0 Å². The summed E-state index contributed by atoms with van der Waals surface area (Å²) in [4.78, 5) is 3.95. The molecule has 0 bridgehead atoms. The van der Waals surface area contributed by atoms with E-state index in [2.05, 4.69) is 4.99 Å². The second-order valence-corrected chi connectivity index (χ2v) is 2.12. The number of hydrogen-bond donors (Lipinski definition) is 1. The van der Waals surface area contributed by atoms with Crippen molar-refractivity contribution in [1.29, 1.82) is 5.41 Å². The van der Waals surface area contributed by atoms with Gasteiger partial charge in [0.2, 0.25) is 0 Å². The van der Waals surface area contributed by atoms with Gasteiger partial charge in [-0.25, -0.2) is 0 Å². The van der Waals surface area contributed by atoms with E-state index < -0.39 is 0 Å². The highest BCUT2D eigenvalue weighted by atomic mass is 14.7. The van der Waals surface area contributed by atoms with E-state index in [1.807, 2.05) is 30.3 Å². The number of nitrogens with zero attached hydrogens (tertiary/aromatic N) is 1. The monoisotopic (exact) mass is 146 g/mol. The molecule has 1 rings (SSSR count). The second kappa shape index (κ2) is 3.66. The van der Waals surface area contributed by atoms with Crippen LogP contribution >= 0.6 is 0 Å². The van der Waals surface area contributed by atoms with Gasteiger partial charge in [0.05, 0.1) is 5.71 Å². The summed E-state index contributed by atoms with van der Waals surface area (Å²) in [5.41, 5.74) is 1.70. The van der Waals surface area contributed by atoms with E-state index in [1.54, 1.807) is 7.05 Å². The van der Waals surface area contributed by atoms with E-state index in [4.69, 9.17) is 5.41 Å². The van der Waals surface area contributed by atoms with Crippen LogP contribution in [0, 0.1) is 5.41 Å². The molecule has 0 spiro atoms. The van der Waals surface area contributed by atoms with E-state index in [0.29, 0.717) is 5.71 Å². The quantitative estimate of drug-likeness (QED) is 0.617. The summed E-state index contributed by atoms with van der Waals surface area (Å²) in [5, 5.41) is 7.04. The van der Waals surface area contributed by atoms with E-state index >= 15 is 0 Å². The highest BCUT2D eigenvalue weighted by molar-refractivity contribution is 6.37. The molecule has 0 aliphatic carbocycles. The third-order valence-corrected chi connectivity index (χ3v) is 1.45. The van der Waals surface area contributed by atoms with Crippen molar-refractivity contribution < 1.29 is 0 Å². The Bertz CT molecular complexity index is 262. The summed E-state index contributed by atoms with van der Waals surface area (Å²) in [6.45, 7) is 0. The Morgan fingerprint density at radius 2 is 2.00 bits per heavy atom. The molecule has 0 unspecified atom stereocenters. The van der Waals surface area contributed by atoms with Crippen LogP contribution in [0.3, 0.4) is 0 Å². The van der Waals surface area contributed by atoms with Crippen molar-refractivity contribution in [3.8, 4) is 0 Å². The van der Waals surface area contributed by atoms with Crippen molar-refractivity contribution in [1.82, 2.24) is 0 Å². The predicted octanol–water partition coefficient (Wildman–Crippen LogP) is 1.76. The van der Waals surface area contributed by atoms with Crippen molar-refractivity contribution >= 4 is 11.9 Å². The fraction of sp³-hybridized carbons (Fsp3) is 0.111. The molecule has 0 saturated carbocycles. The van der Waals surface area contributed by atoms with Crippen LogP contribution in [0.25, 0.3) is 0 Å². The summed E-state index contributed by atoms with van der Waals surface area (Å²) >= 11 is 0. The summed E-state index contributed by atoms with van der Waals surface area (Å²) < 4.78 is 0. The smallest absolute Gasteiger partial charge is 0.0818 e. The first-order valence-electron chi connectivity index (χ1n) is 3.41. The zero-order chi connectivity index (χ0) is 8.10. The number of hydrogen-bond acceptors (Lipinski definition) is 2. The standard InChI is InChI=1S/C9H10N2/c1-11-9(7-10)8-5-3-2-4-6-8/h2-7,10H,1H3. The van der Waals surface area contributed by atoms with Crippen LogP contribution in [0.5, 0.6) is 0 Å². The molecule has 2 nitrogen and oxygen atoms in total. The van der Waals surface area contributed by atoms with Crippen molar-refractivity contribution in [2.45, 2.75) is 0 Å². The molecule has 1 aromatic rings. The molecule has 0 amide bonds. The molecular formula is C9H10N2. The van der Waals surface area contributed by atoms with Crippen LogP contribution in [-0.2, 0) is 0 Å². The van der Waals surface area contributed by atoms with Crippen molar-refractivity contribution in [2.24, 2.45) is 4.99 Å². The number of benzene rings is 1. The largest absolute Gasteiger partial charge is 0.306 e. The molecule has 0 aliphatic rings. The number of rotatable bonds is 2. The molecular weight excluding hydrogens is 136 g/mol. The third-order valence-electron chi connectivity index (χ3n) is 1.45. The van der Waals surface area contributed by atoms with Gasteiger partial charge in [-0.15, -0.1) is 0 Å². The normalized spacial score (nSPS) is 11.2. The number of nitrogens with one attached hydrogen (secondary N) is 1. The van der Waals surface area contributed by atoms with Gasteiger partial charge in [0.25, 0.3) is 0 Å². The molecule has 0 atom stereocenters. The van der Waals surface area contributed by atoms with Crippen LogP contribution < -0.4 is 0 Å². The molecule has 11 heavy (non-hydrogen) atoms. The zero-order valence-corrected chi connectivity index (χ0v) is 6.41. The first kappa shape index (κ1) is 7.66. The minimum Gasteiger partial charge on any atom is -0.306 e. The second-order valence-electron chi connectivity index (χ2n) is 2.12. The molecule has 1 N–H and O–H groups in total. The highest BCUT2D eigenvalue weighted by Crippen LogP contribution is 1.98. The molecule has 0 fully saturated rings. The Morgan fingerprint density at radius 1 is 1.36 bits per heavy atom. The maximum Gasteiger partial charge on any atom is 0.0818 e. The van der Waals surface area contributed by atoms with Gasteiger partial charge in [0, 0.05) is 18.8 Å². The average molecular weight is 146 g/mol. The molecule has 0 radical (unpaired) electrons. The minimum atomic E-state index is 0.714. The molecule has 0 heterocycles. The SMILES string of the molecule is CN=C(C=N)c1ccccc1. The zero-order valence-electron chi connectivity index (χ0n) is 6.41. The Morgan fingerprint density at radius 3 is 2.45 bits per heavy atom. The molecule has 56 valence electrons. The van der Waals surface area contributed by atoms with Crippen molar-refractivity contribution in [3.05, 3.63) is 35.9 Å². The molecule has 2 heteroatoms. The molecule has 1 aromatic carbocycles. The van der Waals surface area contributed by atoms with Gasteiger partial charge >= 0.3 is 0 Å². The lowest BCUT2D eigenvalue weighted by Gasteiger charge is -1.96. The Kier molecular flexibility index (Phi) is 2.55. The Balaban J connectivity index is 3.01. The first-order valence-corrected chi connectivity index (χ1v) is 3.41. The van der Waals surface area contributed by atoms with Crippen LogP contribution in [0.15, 0.2) is 35.3 Å². The fourth-order valence-corrected chi connectivity index (χ4v) is 0.886. The number of aliphatic imine (C=N–C) groups is 1. The van der Waals surface area contributed by atoms with Gasteiger partial charge in [-0.3, -0.25) is 4.99 Å². The van der Waals surface area contributed by atoms with Crippen LogP contribution in [0.1, 0.15) is 5.56 Å².